The molecule has 96 valence electrons. The van der Waals surface area contributed by atoms with E-state index in [4.69, 9.17) is 0 Å². The van der Waals surface area contributed by atoms with Crippen LogP contribution in [0.2, 0.25) is 0 Å². The van der Waals surface area contributed by atoms with Gasteiger partial charge in [0.15, 0.2) is 0 Å². The molecular weight excluding hydrogens is 230 g/mol. The summed E-state index contributed by atoms with van der Waals surface area (Å²) in [6.45, 7) is 0. The summed E-state index contributed by atoms with van der Waals surface area (Å²) >= 11 is 0. The minimum Gasteiger partial charge on any atom is -0.335 e. The molecule has 1 atom stereocenters. The number of anilines is 1. The molecule has 0 aromatic heterocycles. The van der Waals surface area contributed by atoms with Gasteiger partial charge < -0.3 is 4.90 Å². The smallest absolute Gasteiger partial charge is 0.0559 e. The maximum absolute atomic E-state index is 2.44. The SMILES string of the molecule is C1=CCC(N(C2=CCCC=C2)c2ccccc2)C=C1. The fourth-order valence-electron chi connectivity index (χ4n) is 2.66. The largest absolute Gasteiger partial charge is 0.335 e. The topological polar surface area (TPSA) is 3.24 Å². The Kier molecular flexibility index (Phi) is 3.64. The zero-order chi connectivity index (χ0) is 12.9. The van der Waals surface area contributed by atoms with Crippen LogP contribution in [0.3, 0.4) is 0 Å². The summed E-state index contributed by atoms with van der Waals surface area (Å²) in [6, 6.07) is 11.1. The van der Waals surface area contributed by atoms with E-state index in [1.807, 2.05) is 0 Å². The second-order valence-corrected chi connectivity index (χ2v) is 4.93. The van der Waals surface area contributed by atoms with Gasteiger partial charge in [-0.25, -0.2) is 0 Å². The highest BCUT2D eigenvalue weighted by Crippen LogP contribution is 2.28. The van der Waals surface area contributed by atoms with E-state index in [0.717, 1.165) is 19.3 Å². The molecule has 0 saturated carbocycles. The summed E-state index contributed by atoms with van der Waals surface area (Å²) < 4.78 is 0. The van der Waals surface area contributed by atoms with E-state index in [1.165, 1.54) is 11.4 Å². The highest BCUT2D eigenvalue weighted by Gasteiger charge is 2.19. The zero-order valence-corrected chi connectivity index (χ0v) is 11.1. The molecule has 3 rings (SSSR count). The normalized spacial score (nSPS) is 21.3. The van der Waals surface area contributed by atoms with E-state index < -0.39 is 0 Å². The molecule has 19 heavy (non-hydrogen) atoms. The lowest BCUT2D eigenvalue weighted by Gasteiger charge is -2.34. The molecule has 1 heteroatoms. The van der Waals surface area contributed by atoms with E-state index in [1.54, 1.807) is 0 Å². The minimum absolute atomic E-state index is 0.418. The second kappa shape index (κ2) is 5.75. The molecule has 2 aliphatic carbocycles. The van der Waals surface area contributed by atoms with Crippen LogP contribution in [0.15, 0.2) is 78.6 Å². The number of nitrogens with zero attached hydrogens (tertiary/aromatic N) is 1. The van der Waals surface area contributed by atoms with Crippen molar-refractivity contribution >= 4 is 5.69 Å². The molecule has 0 saturated heterocycles. The quantitative estimate of drug-likeness (QED) is 0.756. The molecule has 2 aliphatic rings. The molecule has 0 spiro atoms. The number of allylic oxidation sites excluding steroid dienone is 5. The molecule has 0 amide bonds. The molecule has 0 radical (unpaired) electrons. The van der Waals surface area contributed by atoms with Crippen molar-refractivity contribution in [3.8, 4) is 0 Å². The van der Waals surface area contributed by atoms with Gasteiger partial charge in [0.05, 0.1) is 6.04 Å². The lowest BCUT2D eigenvalue weighted by Crippen LogP contribution is -2.33. The molecule has 0 fully saturated rings. The monoisotopic (exact) mass is 249 g/mol. The Hall–Kier alpha value is -2.02. The first-order chi connectivity index (χ1) is 9.45. The molecule has 1 aromatic rings. The summed E-state index contributed by atoms with van der Waals surface area (Å²) in [4.78, 5) is 2.44. The van der Waals surface area contributed by atoms with Gasteiger partial charge in [-0.1, -0.05) is 54.7 Å². The Morgan fingerprint density at radius 3 is 2.53 bits per heavy atom. The summed E-state index contributed by atoms with van der Waals surface area (Å²) in [5.74, 6) is 0. The number of rotatable bonds is 3. The summed E-state index contributed by atoms with van der Waals surface area (Å²) in [7, 11) is 0. The molecule has 1 aromatic carbocycles. The lowest BCUT2D eigenvalue weighted by molar-refractivity contribution is 0.755. The third-order valence-electron chi connectivity index (χ3n) is 3.58. The molecule has 0 N–H and O–H groups in total. The van der Waals surface area contributed by atoms with Crippen molar-refractivity contribution in [3.05, 3.63) is 78.6 Å². The van der Waals surface area contributed by atoms with Crippen molar-refractivity contribution in [2.75, 3.05) is 4.90 Å². The van der Waals surface area contributed by atoms with Crippen LogP contribution in [0.4, 0.5) is 5.69 Å². The highest BCUT2D eigenvalue weighted by molar-refractivity contribution is 5.57. The zero-order valence-electron chi connectivity index (χ0n) is 11.1. The van der Waals surface area contributed by atoms with Crippen LogP contribution in [0.25, 0.3) is 0 Å². The fraction of sp³-hybridized carbons (Fsp3) is 0.222. The van der Waals surface area contributed by atoms with Crippen LogP contribution in [-0.4, -0.2) is 6.04 Å². The van der Waals surface area contributed by atoms with E-state index in [0.29, 0.717) is 6.04 Å². The van der Waals surface area contributed by atoms with Crippen LogP contribution in [-0.2, 0) is 0 Å². The maximum atomic E-state index is 2.44. The van der Waals surface area contributed by atoms with Crippen molar-refractivity contribution in [2.24, 2.45) is 0 Å². The van der Waals surface area contributed by atoms with Gasteiger partial charge in [-0.05, 0) is 37.5 Å². The van der Waals surface area contributed by atoms with Gasteiger partial charge in [0, 0.05) is 11.4 Å². The molecule has 1 unspecified atom stereocenters. The average Bonchev–Trinajstić information content (AvgIpc) is 2.51. The van der Waals surface area contributed by atoms with Gasteiger partial charge in [-0.15, -0.1) is 0 Å². The Labute approximate surface area is 115 Å². The van der Waals surface area contributed by atoms with E-state index in [-0.39, 0.29) is 0 Å². The minimum atomic E-state index is 0.418. The van der Waals surface area contributed by atoms with Gasteiger partial charge in [0.25, 0.3) is 0 Å². The van der Waals surface area contributed by atoms with Crippen LogP contribution < -0.4 is 4.90 Å². The number of benzene rings is 1. The van der Waals surface area contributed by atoms with E-state index in [9.17, 15) is 0 Å². The van der Waals surface area contributed by atoms with Crippen molar-refractivity contribution in [3.63, 3.8) is 0 Å². The fourth-order valence-corrected chi connectivity index (χ4v) is 2.66. The number of hydrogen-bond donors (Lipinski definition) is 0. The van der Waals surface area contributed by atoms with Crippen LogP contribution in [0.5, 0.6) is 0 Å². The first-order valence-electron chi connectivity index (χ1n) is 6.99. The predicted octanol–water partition coefficient (Wildman–Crippen LogP) is 4.61. The van der Waals surface area contributed by atoms with Gasteiger partial charge in [-0.3, -0.25) is 0 Å². The third kappa shape index (κ3) is 2.70. The van der Waals surface area contributed by atoms with Crippen LogP contribution in [0.1, 0.15) is 19.3 Å². The van der Waals surface area contributed by atoms with Gasteiger partial charge in [0.2, 0.25) is 0 Å². The number of para-hydroxylation sites is 1. The summed E-state index contributed by atoms with van der Waals surface area (Å²) in [5, 5.41) is 0. The van der Waals surface area contributed by atoms with Crippen molar-refractivity contribution < 1.29 is 0 Å². The Morgan fingerprint density at radius 2 is 1.84 bits per heavy atom. The maximum Gasteiger partial charge on any atom is 0.0559 e. The predicted molar refractivity (Wildman–Crippen MR) is 82.1 cm³/mol. The molecule has 0 heterocycles. The molecular formula is C18H19N. The van der Waals surface area contributed by atoms with Gasteiger partial charge in [0.1, 0.15) is 0 Å². The van der Waals surface area contributed by atoms with E-state index in [2.05, 4.69) is 77.8 Å². The first-order valence-corrected chi connectivity index (χ1v) is 6.99. The third-order valence-corrected chi connectivity index (χ3v) is 3.58. The van der Waals surface area contributed by atoms with E-state index >= 15 is 0 Å². The average molecular weight is 249 g/mol. The standard InChI is InChI=1S/C18H19N/c1-4-10-16(11-5-1)19(17-12-6-2-7-13-17)18-14-8-3-9-15-18/h1-2,4-8,10-12,14-15,17H,3,9,13H2. The van der Waals surface area contributed by atoms with Crippen molar-refractivity contribution in [1.29, 1.82) is 0 Å². The van der Waals surface area contributed by atoms with Gasteiger partial charge >= 0.3 is 0 Å². The molecule has 0 bridgehead atoms. The van der Waals surface area contributed by atoms with Crippen LogP contribution >= 0.6 is 0 Å². The summed E-state index contributed by atoms with van der Waals surface area (Å²) in [5.41, 5.74) is 2.59. The Morgan fingerprint density at radius 1 is 0.947 bits per heavy atom. The molecule has 0 aliphatic heterocycles. The Balaban J connectivity index is 1.96. The highest BCUT2D eigenvalue weighted by atomic mass is 15.2. The van der Waals surface area contributed by atoms with Crippen molar-refractivity contribution in [2.45, 2.75) is 25.3 Å². The second-order valence-electron chi connectivity index (χ2n) is 4.93. The Bertz CT molecular complexity index is 534. The van der Waals surface area contributed by atoms with Crippen molar-refractivity contribution in [1.82, 2.24) is 0 Å². The molecule has 1 nitrogen and oxygen atoms in total. The lowest BCUT2D eigenvalue weighted by atomic mass is 10.0. The number of hydrogen-bond acceptors (Lipinski definition) is 1. The summed E-state index contributed by atoms with van der Waals surface area (Å²) in [6.07, 6.45) is 19.0. The first kappa shape index (κ1) is 12.0. The van der Waals surface area contributed by atoms with Crippen LogP contribution in [0, 0.1) is 0 Å². The van der Waals surface area contributed by atoms with Gasteiger partial charge in [-0.2, -0.15) is 0 Å².